The highest BCUT2D eigenvalue weighted by molar-refractivity contribution is 7.21. The zero-order valence-corrected chi connectivity index (χ0v) is 16.9. The fourth-order valence-corrected chi connectivity index (χ4v) is 4.18. The van der Waals surface area contributed by atoms with E-state index in [9.17, 15) is 14.7 Å². The zero-order valence-electron chi connectivity index (χ0n) is 16.0. The van der Waals surface area contributed by atoms with Crippen molar-refractivity contribution in [2.75, 3.05) is 12.3 Å². The molecule has 0 spiro atoms. The molecule has 1 aromatic carbocycles. The van der Waals surface area contributed by atoms with Crippen LogP contribution in [-0.2, 0) is 4.74 Å². The van der Waals surface area contributed by atoms with Gasteiger partial charge in [0.1, 0.15) is 9.71 Å². The number of nitrogen functional groups attached to an aromatic ring is 1. The predicted molar refractivity (Wildman–Crippen MR) is 106 cm³/mol. The molecule has 0 saturated carbocycles. The number of pyridine rings is 1. The first-order valence-corrected chi connectivity index (χ1v) is 9.79. The molecule has 0 amide bonds. The maximum Gasteiger partial charge on any atom is 0.338 e. The van der Waals surface area contributed by atoms with E-state index in [2.05, 4.69) is 10.3 Å². The van der Waals surface area contributed by atoms with Crippen LogP contribution in [0.25, 0.3) is 15.9 Å². The minimum Gasteiger partial charge on any atom is -0.539 e. The van der Waals surface area contributed by atoms with Crippen molar-refractivity contribution in [2.24, 2.45) is 0 Å². The lowest BCUT2D eigenvalue weighted by molar-refractivity contribution is -0.672. The number of hydrogen-bond donors (Lipinski definition) is 1. The lowest BCUT2D eigenvalue weighted by atomic mass is 10.1. The van der Waals surface area contributed by atoms with E-state index in [4.69, 9.17) is 15.0 Å². The van der Waals surface area contributed by atoms with E-state index < -0.39 is 17.7 Å². The van der Waals surface area contributed by atoms with E-state index >= 15 is 0 Å². The second-order valence-electron chi connectivity index (χ2n) is 6.34. The number of carbonyl (C=O) groups is 2. The van der Waals surface area contributed by atoms with Crippen molar-refractivity contribution < 1.29 is 28.6 Å². The monoisotopic (exact) mass is 424 g/mol. The number of aromatic nitrogens is 3. The van der Waals surface area contributed by atoms with Gasteiger partial charge in [-0.3, -0.25) is 4.79 Å². The summed E-state index contributed by atoms with van der Waals surface area (Å²) >= 11 is 0.992. The molecule has 152 valence electrons. The highest BCUT2D eigenvalue weighted by Crippen LogP contribution is 2.37. The van der Waals surface area contributed by atoms with Crippen LogP contribution in [0.2, 0.25) is 0 Å². The van der Waals surface area contributed by atoms with Gasteiger partial charge in [0, 0.05) is 23.2 Å². The molecule has 4 aromatic rings. The summed E-state index contributed by atoms with van der Waals surface area (Å²) in [6, 6.07) is 10.2. The fourth-order valence-electron chi connectivity index (χ4n) is 3.07. The number of anilines is 1. The van der Waals surface area contributed by atoms with Gasteiger partial charge in [0.15, 0.2) is 5.95 Å². The molecule has 4 rings (SSSR count). The second kappa shape index (κ2) is 7.56. The molecule has 2 N–H and O–H groups in total. The Bertz CT molecular complexity index is 1280. The number of esters is 1. The number of aryl methyl sites for hydroxylation is 1. The number of rotatable bonds is 5. The number of para-hydroxylation sites is 1. The van der Waals surface area contributed by atoms with E-state index in [1.165, 1.54) is 0 Å². The average molecular weight is 424 g/mol. The van der Waals surface area contributed by atoms with Gasteiger partial charge in [0.25, 0.3) is 5.78 Å². The number of benzene rings is 1. The standard InChI is InChI=1S/C20H16N4O5S/c1-3-28-19(26)12-9-10(2)22-18-13(12)14(21)17(30-18)16(25)15-20(27)29-23-24(15)11-7-5-4-6-8-11/h4-9H,3H2,1-2H3,(H2-,21,23,25,27). The molecule has 30 heavy (non-hydrogen) atoms. The van der Waals surface area contributed by atoms with Gasteiger partial charge in [-0.2, -0.15) is 0 Å². The van der Waals surface area contributed by atoms with Crippen LogP contribution in [0.4, 0.5) is 5.69 Å². The topological polar surface area (TPSA) is 135 Å². The summed E-state index contributed by atoms with van der Waals surface area (Å²) in [5.41, 5.74) is 7.27. The van der Waals surface area contributed by atoms with Crippen LogP contribution in [0.1, 0.15) is 38.3 Å². The molecule has 0 bridgehead atoms. The highest BCUT2D eigenvalue weighted by atomic mass is 32.1. The van der Waals surface area contributed by atoms with Crippen molar-refractivity contribution in [1.82, 2.24) is 10.3 Å². The summed E-state index contributed by atoms with van der Waals surface area (Å²) in [5, 5.41) is 16.3. The minimum atomic E-state index is -0.893. The highest BCUT2D eigenvalue weighted by Gasteiger charge is 2.33. The van der Waals surface area contributed by atoms with Crippen molar-refractivity contribution in [3.8, 4) is 11.6 Å². The Kier molecular flexibility index (Phi) is 4.92. The molecule has 10 heteroatoms. The van der Waals surface area contributed by atoms with Gasteiger partial charge in [0.05, 0.1) is 23.1 Å². The van der Waals surface area contributed by atoms with Crippen molar-refractivity contribution in [3.63, 3.8) is 0 Å². The first-order chi connectivity index (χ1) is 14.4. The van der Waals surface area contributed by atoms with Gasteiger partial charge in [-0.15, -0.1) is 11.3 Å². The van der Waals surface area contributed by atoms with Gasteiger partial charge in [-0.05, 0) is 24.6 Å². The Morgan fingerprint density at radius 1 is 1.30 bits per heavy atom. The third-order valence-corrected chi connectivity index (χ3v) is 5.45. The van der Waals surface area contributed by atoms with E-state index in [1.54, 1.807) is 50.2 Å². The molecular formula is C20H16N4O5S. The van der Waals surface area contributed by atoms with Crippen molar-refractivity contribution >= 4 is 39.0 Å². The van der Waals surface area contributed by atoms with Crippen LogP contribution in [0.15, 0.2) is 40.9 Å². The largest absolute Gasteiger partial charge is 0.539 e. The molecule has 0 radical (unpaired) electrons. The third-order valence-electron chi connectivity index (χ3n) is 4.35. The first-order valence-electron chi connectivity index (χ1n) is 8.98. The molecule has 0 atom stereocenters. The molecule has 0 unspecified atom stereocenters. The van der Waals surface area contributed by atoms with E-state index in [1.807, 2.05) is 0 Å². The Morgan fingerprint density at radius 3 is 2.73 bits per heavy atom. The van der Waals surface area contributed by atoms with Crippen molar-refractivity contribution in [2.45, 2.75) is 13.8 Å². The lowest BCUT2D eigenvalue weighted by Gasteiger charge is -2.05. The number of ether oxygens (including phenoxy) is 1. The number of carbonyl (C=O) groups excluding carboxylic acids is 2. The predicted octanol–water partition coefficient (Wildman–Crippen LogP) is 1.93. The summed E-state index contributed by atoms with van der Waals surface area (Å²) in [7, 11) is 0. The summed E-state index contributed by atoms with van der Waals surface area (Å²) in [6.07, 6.45) is 0. The SMILES string of the molecule is CCOC(=O)c1cc(C)nc2sc(C(=O)c3c([O-])on[n+]3-c3ccccc3)c(N)c12. The molecule has 3 heterocycles. The summed E-state index contributed by atoms with van der Waals surface area (Å²) in [4.78, 5) is 30.5. The number of nitrogens with two attached hydrogens (primary N) is 1. The molecule has 0 aliphatic rings. The number of ketones is 1. The number of thiophene rings is 1. The molecular weight excluding hydrogens is 408 g/mol. The summed E-state index contributed by atoms with van der Waals surface area (Å²) in [6.45, 7) is 3.60. The molecule has 9 nitrogen and oxygen atoms in total. The number of fused-ring (bicyclic) bond motifs is 1. The van der Waals surface area contributed by atoms with Crippen LogP contribution in [0, 0.1) is 6.92 Å². The molecule has 0 aliphatic heterocycles. The normalized spacial score (nSPS) is 11.0. The minimum absolute atomic E-state index is 0.0516. The molecule has 0 aliphatic carbocycles. The van der Waals surface area contributed by atoms with Gasteiger partial charge in [-0.1, -0.05) is 18.2 Å². The van der Waals surface area contributed by atoms with Gasteiger partial charge in [0.2, 0.25) is 5.69 Å². The van der Waals surface area contributed by atoms with Crippen LogP contribution in [0.5, 0.6) is 5.95 Å². The first kappa shape index (κ1) is 19.5. The van der Waals surface area contributed by atoms with Crippen molar-refractivity contribution in [3.05, 3.63) is 58.2 Å². The van der Waals surface area contributed by atoms with Gasteiger partial charge < -0.3 is 20.1 Å². The maximum absolute atomic E-state index is 13.3. The van der Waals surface area contributed by atoms with E-state index in [-0.39, 0.29) is 28.4 Å². The fraction of sp³-hybridized carbons (Fsp3) is 0.150. The van der Waals surface area contributed by atoms with Crippen LogP contribution in [0.3, 0.4) is 0 Å². The Morgan fingerprint density at radius 2 is 2.03 bits per heavy atom. The average Bonchev–Trinajstić information content (AvgIpc) is 3.28. The van der Waals surface area contributed by atoms with Gasteiger partial charge >= 0.3 is 11.7 Å². The van der Waals surface area contributed by atoms with Crippen LogP contribution in [-0.4, -0.2) is 28.6 Å². The number of nitrogens with zero attached hydrogens (tertiary/aromatic N) is 3. The van der Waals surface area contributed by atoms with E-state index in [0.29, 0.717) is 21.6 Å². The van der Waals surface area contributed by atoms with Crippen LogP contribution >= 0.6 is 11.3 Å². The zero-order chi connectivity index (χ0) is 21.4. The van der Waals surface area contributed by atoms with E-state index in [0.717, 1.165) is 16.0 Å². The summed E-state index contributed by atoms with van der Waals surface area (Å²) < 4.78 is 11.0. The Hall–Kier alpha value is -3.79. The van der Waals surface area contributed by atoms with Crippen LogP contribution < -0.4 is 15.5 Å². The lowest BCUT2D eigenvalue weighted by Crippen LogP contribution is -2.39. The molecule has 0 saturated heterocycles. The van der Waals surface area contributed by atoms with Gasteiger partial charge in [-0.25, -0.2) is 9.78 Å². The molecule has 3 aromatic heterocycles. The Balaban J connectivity index is 1.89. The smallest absolute Gasteiger partial charge is 0.338 e. The van der Waals surface area contributed by atoms with Crippen molar-refractivity contribution in [1.29, 1.82) is 0 Å². The summed E-state index contributed by atoms with van der Waals surface area (Å²) in [5.74, 6) is -2.13. The molecule has 0 fully saturated rings. The number of hydrogen-bond acceptors (Lipinski definition) is 9. The Labute approximate surface area is 174 Å². The quantitative estimate of drug-likeness (QED) is 0.292. The second-order valence-corrected chi connectivity index (χ2v) is 7.34. The third kappa shape index (κ3) is 3.16. The maximum atomic E-state index is 13.3.